The van der Waals surface area contributed by atoms with Crippen molar-refractivity contribution in [3.8, 4) is 11.4 Å². The molecule has 0 saturated carbocycles. The highest BCUT2D eigenvalue weighted by atomic mass is 32.2. The number of aromatic nitrogens is 3. The van der Waals surface area contributed by atoms with E-state index in [2.05, 4.69) is 25.2 Å². The number of nitrogens with one attached hydrogen (secondary N) is 2. The summed E-state index contributed by atoms with van der Waals surface area (Å²) in [6, 6.07) is 10.1. The Bertz CT molecular complexity index is 1050. The maximum Gasteiger partial charge on any atom is 0.240 e. The van der Waals surface area contributed by atoms with E-state index in [0.717, 1.165) is 11.1 Å². The number of aryl methyl sites for hydroxylation is 2. The minimum atomic E-state index is -3.59. The molecular weight excluding hydrogens is 394 g/mol. The topological polar surface area (TPSA) is 127 Å². The average molecular weight is 415 g/mol. The van der Waals surface area contributed by atoms with Gasteiger partial charge in [-0.1, -0.05) is 22.9 Å². The molecule has 0 unspecified atom stereocenters. The average Bonchev–Trinajstić information content (AvgIpc) is 3.20. The Morgan fingerprint density at radius 2 is 1.79 bits per heavy atom. The molecule has 9 nitrogen and oxygen atoms in total. The van der Waals surface area contributed by atoms with Crippen molar-refractivity contribution in [3.63, 3.8) is 0 Å². The first-order chi connectivity index (χ1) is 13.9. The standard InChI is InChI=1S/C19H21N5O4S/c1-14-2-4-16(5-3-14)29(26,27)22-13-12-21-17(25)6-7-18-23-19(24-28-18)15-8-10-20-11-9-15/h2-5,8-11,22H,6-7,12-13H2,1H3,(H,21,25). The van der Waals surface area contributed by atoms with Gasteiger partial charge in [-0.2, -0.15) is 4.98 Å². The summed E-state index contributed by atoms with van der Waals surface area (Å²) in [5.41, 5.74) is 1.76. The molecule has 0 fully saturated rings. The van der Waals surface area contributed by atoms with Gasteiger partial charge in [-0.05, 0) is 31.2 Å². The highest BCUT2D eigenvalue weighted by Gasteiger charge is 2.13. The van der Waals surface area contributed by atoms with Crippen molar-refractivity contribution in [3.05, 3.63) is 60.2 Å². The summed E-state index contributed by atoms with van der Waals surface area (Å²) in [6.45, 7) is 2.15. The maximum atomic E-state index is 12.2. The van der Waals surface area contributed by atoms with Crippen LogP contribution in [0, 0.1) is 6.92 Å². The Hall–Kier alpha value is -3.11. The number of carbonyl (C=O) groups is 1. The molecule has 0 aliphatic rings. The molecule has 29 heavy (non-hydrogen) atoms. The van der Waals surface area contributed by atoms with Gasteiger partial charge in [0.15, 0.2) is 0 Å². The van der Waals surface area contributed by atoms with Crippen LogP contribution in [0.2, 0.25) is 0 Å². The van der Waals surface area contributed by atoms with E-state index in [0.29, 0.717) is 18.1 Å². The largest absolute Gasteiger partial charge is 0.355 e. The Balaban J connectivity index is 1.39. The number of pyridine rings is 1. The monoisotopic (exact) mass is 415 g/mol. The molecule has 1 aromatic carbocycles. The number of benzene rings is 1. The summed E-state index contributed by atoms with van der Waals surface area (Å²) >= 11 is 0. The number of rotatable bonds is 9. The lowest BCUT2D eigenvalue weighted by Gasteiger charge is -2.08. The summed E-state index contributed by atoms with van der Waals surface area (Å²) in [7, 11) is -3.59. The Kier molecular flexibility index (Phi) is 6.68. The minimum absolute atomic E-state index is 0.0920. The molecule has 0 spiro atoms. The fourth-order valence-corrected chi connectivity index (χ4v) is 3.50. The van der Waals surface area contributed by atoms with Gasteiger partial charge in [0, 0.05) is 43.9 Å². The van der Waals surface area contributed by atoms with Gasteiger partial charge in [0.2, 0.25) is 27.6 Å². The van der Waals surface area contributed by atoms with Crippen LogP contribution in [0.1, 0.15) is 17.9 Å². The fourth-order valence-electron chi connectivity index (χ4n) is 2.47. The van der Waals surface area contributed by atoms with Crippen LogP contribution in [0.4, 0.5) is 0 Å². The highest BCUT2D eigenvalue weighted by molar-refractivity contribution is 7.89. The molecule has 0 bridgehead atoms. The van der Waals surface area contributed by atoms with Crippen LogP contribution in [0.3, 0.4) is 0 Å². The fraction of sp³-hybridized carbons (Fsp3) is 0.263. The molecule has 3 rings (SSSR count). The van der Waals surface area contributed by atoms with E-state index in [9.17, 15) is 13.2 Å². The van der Waals surface area contributed by atoms with E-state index in [1.54, 1.807) is 48.8 Å². The smallest absolute Gasteiger partial charge is 0.240 e. The van der Waals surface area contributed by atoms with Gasteiger partial charge in [0.25, 0.3) is 0 Å². The number of hydrogen-bond acceptors (Lipinski definition) is 7. The van der Waals surface area contributed by atoms with E-state index in [1.807, 2.05) is 6.92 Å². The predicted octanol–water partition coefficient (Wildman–Crippen LogP) is 1.47. The molecule has 0 aliphatic heterocycles. The molecule has 2 heterocycles. The molecule has 3 aromatic rings. The van der Waals surface area contributed by atoms with Gasteiger partial charge in [0.05, 0.1) is 4.90 Å². The van der Waals surface area contributed by atoms with E-state index >= 15 is 0 Å². The lowest BCUT2D eigenvalue weighted by molar-refractivity contribution is -0.121. The van der Waals surface area contributed by atoms with Gasteiger partial charge in [-0.3, -0.25) is 9.78 Å². The summed E-state index contributed by atoms with van der Waals surface area (Å²) in [5, 5.41) is 6.54. The Labute approximate surface area is 168 Å². The van der Waals surface area contributed by atoms with E-state index in [4.69, 9.17) is 4.52 Å². The number of hydrogen-bond donors (Lipinski definition) is 2. The second kappa shape index (κ2) is 9.39. The molecule has 10 heteroatoms. The summed E-state index contributed by atoms with van der Waals surface area (Å²) in [5.74, 6) is 0.559. The van der Waals surface area contributed by atoms with Crippen LogP contribution >= 0.6 is 0 Å². The number of sulfonamides is 1. The quantitative estimate of drug-likeness (QED) is 0.507. The van der Waals surface area contributed by atoms with E-state index < -0.39 is 10.0 Å². The Morgan fingerprint density at radius 1 is 1.07 bits per heavy atom. The van der Waals surface area contributed by atoms with E-state index in [1.165, 1.54) is 0 Å². The number of carbonyl (C=O) groups excluding carboxylic acids is 1. The third-order valence-corrected chi connectivity index (χ3v) is 5.52. The van der Waals surface area contributed by atoms with Crippen molar-refractivity contribution in [2.24, 2.45) is 0 Å². The summed E-state index contributed by atoms with van der Waals surface area (Å²) in [6.07, 6.45) is 3.71. The molecule has 0 radical (unpaired) electrons. The second-order valence-corrected chi connectivity index (χ2v) is 8.08. The lowest BCUT2D eigenvalue weighted by Crippen LogP contribution is -2.34. The first kappa shape index (κ1) is 20.6. The summed E-state index contributed by atoms with van der Waals surface area (Å²) in [4.78, 5) is 20.3. The van der Waals surface area contributed by atoms with Crippen LogP contribution in [-0.2, 0) is 21.2 Å². The van der Waals surface area contributed by atoms with Gasteiger partial charge in [0.1, 0.15) is 0 Å². The molecular formula is C19H21N5O4S. The highest BCUT2D eigenvalue weighted by Crippen LogP contribution is 2.14. The van der Waals surface area contributed by atoms with Crippen molar-refractivity contribution in [2.75, 3.05) is 13.1 Å². The molecule has 0 aliphatic carbocycles. The van der Waals surface area contributed by atoms with Crippen LogP contribution in [-0.4, -0.2) is 42.5 Å². The zero-order valence-corrected chi connectivity index (χ0v) is 16.6. The second-order valence-electron chi connectivity index (χ2n) is 6.31. The van der Waals surface area contributed by atoms with Crippen molar-refractivity contribution < 1.29 is 17.7 Å². The van der Waals surface area contributed by atoms with Gasteiger partial charge < -0.3 is 9.84 Å². The van der Waals surface area contributed by atoms with Crippen molar-refractivity contribution in [1.29, 1.82) is 0 Å². The number of amides is 1. The zero-order valence-electron chi connectivity index (χ0n) is 15.8. The maximum absolute atomic E-state index is 12.2. The third kappa shape index (κ3) is 5.93. The zero-order chi connectivity index (χ0) is 20.7. The first-order valence-corrected chi connectivity index (χ1v) is 10.5. The van der Waals surface area contributed by atoms with E-state index in [-0.39, 0.29) is 30.3 Å². The van der Waals surface area contributed by atoms with Crippen LogP contribution in [0.5, 0.6) is 0 Å². The van der Waals surface area contributed by atoms with Gasteiger partial charge in [-0.15, -0.1) is 0 Å². The van der Waals surface area contributed by atoms with Crippen LogP contribution in [0.25, 0.3) is 11.4 Å². The molecule has 2 N–H and O–H groups in total. The van der Waals surface area contributed by atoms with Gasteiger partial charge in [-0.25, -0.2) is 13.1 Å². The minimum Gasteiger partial charge on any atom is -0.355 e. The normalized spacial score (nSPS) is 11.3. The van der Waals surface area contributed by atoms with Crippen LogP contribution < -0.4 is 10.0 Å². The molecule has 0 atom stereocenters. The Morgan fingerprint density at radius 3 is 2.52 bits per heavy atom. The third-order valence-electron chi connectivity index (χ3n) is 4.04. The summed E-state index contributed by atoms with van der Waals surface area (Å²) < 4.78 is 31.9. The molecule has 152 valence electrons. The van der Waals surface area contributed by atoms with Crippen molar-refractivity contribution in [1.82, 2.24) is 25.2 Å². The van der Waals surface area contributed by atoms with Crippen LogP contribution in [0.15, 0.2) is 58.2 Å². The van der Waals surface area contributed by atoms with Crippen molar-refractivity contribution in [2.45, 2.75) is 24.7 Å². The SMILES string of the molecule is Cc1ccc(S(=O)(=O)NCCNC(=O)CCc2nc(-c3ccncc3)no2)cc1. The predicted molar refractivity (Wildman–Crippen MR) is 105 cm³/mol. The lowest BCUT2D eigenvalue weighted by atomic mass is 10.2. The number of nitrogens with zero attached hydrogens (tertiary/aromatic N) is 3. The first-order valence-electron chi connectivity index (χ1n) is 9.00. The molecule has 2 aromatic heterocycles. The molecule has 1 amide bonds. The molecule has 0 saturated heterocycles. The van der Waals surface area contributed by atoms with Crippen molar-refractivity contribution >= 4 is 15.9 Å². The van der Waals surface area contributed by atoms with Gasteiger partial charge >= 0.3 is 0 Å².